The van der Waals surface area contributed by atoms with E-state index in [2.05, 4.69) is 15.6 Å². The number of carbonyl (C=O) groups excluding carboxylic acids is 1. The van der Waals surface area contributed by atoms with Crippen LogP contribution in [0, 0.1) is 5.82 Å². The van der Waals surface area contributed by atoms with Crippen molar-refractivity contribution in [3.05, 3.63) is 83.8 Å². The van der Waals surface area contributed by atoms with Crippen molar-refractivity contribution in [2.75, 3.05) is 5.32 Å². The fourth-order valence-corrected chi connectivity index (χ4v) is 2.56. The maximum atomic E-state index is 13.6. The van der Waals surface area contributed by atoms with Gasteiger partial charge in [0.25, 0.3) is 5.91 Å². The van der Waals surface area contributed by atoms with Crippen LogP contribution in [-0.4, -0.2) is 17.0 Å². The molecular weight excluding hydrogens is 357 g/mol. The fraction of sp³-hybridized carbons (Fsp3) is 0.182. The first-order valence-corrected chi connectivity index (χ1v) is 9.02. The molecule has 28 heavy (non-hydrogen) atoms. The van der Waals surface area contributed by atoms with E-state index in [1.54, 1.807) is 30.3 Å². The second kappa shape index (κ2) is 8.99. The highest BCUT2D eigenvalue weighted by Gasteiger charge is 2.08. The lowest BCUT2D eigenvalue weighted by atomic mass is 10.2. The van der Waals surface area contributed by atoms with Crippen molar-refractivity contribution >= 4 is 17.4 Å². The second-order valence-electron chi connectivity index (χ2n) is 6.52. The summed E-state index contributed by atoms with van der Waals surface area (Å²) < 4.78 is 19.2. The smallest absolute Gasteiger partial charge is 0.253 e. The van der Waals surface area contributed by atoms with Gasteiger partial charge in [0, 0.05) is 24.0 Å². The third kappa shape index (κ3) is 5.30. The summed E-state index contributed by atoms with van der Waals surface area (Å²) in [5, 5.41) is 5.86. The van der Waals surface area contributed by atoms with Crippen molar-refractivity contribution in [3.63, 3.8) is 0 Å². The average Bonchev–Trinajstić information content (AvgIpc) is 2.69. The van der Waals surface area contributed by atoms with E-state index in [-0.39, 0.29) is 24.4 Å². The van der Waals surface area contributed by atoms with E-state index < -0.39 is 0 Å². The molecule has 2 aromatic carbocycles. The van der Waals surface area contributed by atoms with E-state index in [1.165, 1.54) is 12.3 Å². The summed E-state index contributed by atoms with van der Waals surface area (Å²) in [6, 6.07) is 17.3. The quantitative estimate of drug-likeness (QED) is 0.626. The number of carbonyl (C=O) groups is 1. The van der Waals surface area contributed by atoms with Gasteiger partial charge < -0.3 is 15.4 Å². The van der Waals surface area contributed by atoms with Crippen LogP contribution in [0.5, 0.6) is 5.75 Å². The topological polar surface area (TPSA) is 63.2 Å². The average molecular weight is 379 g/mol. The molecule has 2 N–H and O–H groups in total. The Hall–Kier alpha value is -3.41. The zero-order chi connectivity index (χ0) is 19.9. The molecule has 0 unspecified atom stereocenters. The standard InChI is InChI=1S/C22H22FN3O2/c1-15(2)28-19-10-8-18(9-11-19)26-21-12-7-17(14-24-21)22(27)25-13-16-5-3-4-6-20(16)23/h3-12,14-15H,13H2,1-2H3,(H,24,26)(H,25,27). The lowest BCUT2D eigenvalue weighted by Gasteiger charge is -2.11. The minimum Gasteiger partial charge on any atom is -0.491 e. The van der Waals surface area contributed by atoms with Gasteiger partial charge in [-0.15, -0.1) is 0 Å². The van der Waals surface area contributed by atoms with Crippen molar-refractivity contribution in [1.82, 2.24) is 10.3 Å². The van der Waals surface area contributed by atoms with Crippen LogP contribution >= 0.6 is 0 Å². The van der Waals surface area contributed by atoms with Crippen LogP contribution in [0.1, 0.15) is 29.8 Å². The summed E-state index contributed by atoms with van der Waals surface area (Å²) in [6.45, 7) is 4.07. The number of aromatic nitrogens is 1. The van der Waals surface area contributed by atoms with Crippen molar-refractivity contribution in [2.24, 2.45) is 0 Å². The molecule has 5 nitrogen and oxygen atoms in total. The number of anilines is 2. The molecule has 1 aromatic heterocycles. The predicted octanol–water partition coefficient (Wildman–Crippen LogP) is 4.68. The molecule has 0 spiro atoms. The van der Waals surface area contributed by atoms with Crippen LogP contribution in [0.2, 0.25) is 0 Å². The minimum absolute atomic E-state index is 0.121. The Labute approximate surface area is 163 Å². The van der Waals surface area contributed by atoms with E-state index in [1.807, 2.05) is 38.1 Å². The van der Waals surface area contributed by atoms with Crippen LogP contribution in [0.15, 0.2) is 66.9 Å². The highest BCUT2D eigenvalue weighted by Crippen LogP contribution is 2.20. The summed E-state index contributed by atoms with van der Waals surface area (Å²) in [6.07, 6.45) is 1.60. The van der Waals surface area contributed by atoms with Gasteiger partial charge in [0.05, 0.1) is 11.7 Å². The Balaban J connectivity index is 1.57. The maximum Gasteiger partial charge on any atom is 0.253 e. The minimum atomic E-state index is -0.342. The molecular formula is C22H22FN3O2. The van der Waals surface area contributed by atoms with Crippen molar-refractivity contribution < 1.29 is 13.9 Å². The number of hydrogen-bond acceptors (Lipinski definition) is 4. The molecule has 0 saturated heterocycles. The SMILES string of the molecule is CC(C)Oc1ccc(Nc2ccc(C(=O)NCc3ccccc3F)cn2)cc1. The zero-order valence-corrected chi connectivity index (χ0v) is 15.8. The highest BCUT2D eigenvalue weighted by atomic mass is 19.1. The van der Waals surface area contributed by atoms with E-state index in [0.29, 0.717) is 16.9 Å². The monoisotopic (exact) mass is 379 g/mol. The Morgan fingerprint density at radius 3 is 2.46 bits per heavy atom. The number of ether oxygens (including phenoxy) is 1. The molecule has 3 rings (SSSR count). The summed E-state index contributed by atoms with van der Waals surface area (Å²) in [4.78, 5) is 16.5. The van der Waals surface area contributed by atoms with Gasteiger partial charge in [-0.3, -0.25) is 4.79 Å². The third-order valence-corrected chi connectivity index (χ3v) is 3.92. The zero-order valence-electron chi connectivity index (χ0n) is 15.8. The van der Waals surface area contributed by atoms with Gasteiger partial charge in [-0.25, -0.2) is 9.37 Å². The van der Waals surface area contributed by atoms with Crippen LogP contribution in [0.25, 0.3) is 0 Å². The van der Waals surface area contributed by atoms with Gasteiger partial charge in [0.15, 0.2) is 0 Å². The number of rotatable bonds is 7. The molecule has 0 fully saturated rings. The molecule has 0 aliphatic rings. The van der Waals surface area contributed by atoms with Gasteiger partial charge in [0.1, 0.15) is 17.4 Å². The Morgan fingerprint density at radius 2 is 1.82 bits per heavy atom. The van der Waals surface area contributed by atoms with Gasteiger partial charge in [0.2, 0.25) is 0 Å². The maximum absolute atomic E-state index is 13.6. The van der Waals surface area contributed by atoms with Crippen molar-refractivity contribution in [1.29, 1.82) is 0 Å². The van der Waals surface area contributed by atoms with E-state index >= 15 is 0 Å². The normalized spacial score (nSPS) is 10.6. The Bertz CT molecular complexity index is 925. The molecule has 1 amide bonds. The van der Waals surface area contributed by atoms with Crippen LogP contribution in [0.3, 0.4) is 0 Å². The first-order valence-electron chi connectivity index (χ1n) is 9.02. The molecule has 0 aliphatic carbocycles. The fourth-order valence-electron chi connectivity index (χ4n) is 2.56. The molecule has 144 valence electrons. The van der Waals surface area contributed by atoms with Gasteiger partial charge in [-0.2, -0.15) is 0 Å². The molecule has 0 radical (unpaired) electrons. The van der Waals surface area contributed by atoms with E-state index in [4.69, 9.17) is 4.74 Å². The Kier molecular flexibility index (Phi) is 6.22. The number of amides is 1. The molecule has 6 heteroatoms. The van der Waals surface area contributed by atoms with Crippen molar-refractivity contribution in [3.8, 4) is 5.75 Å². The first-order chi connectivity index (χ1) is 13.5. The van der Waals surface area contributed by atoms with Gasteiger partial charge >= 0.3 is 0 Å². The first kappa shape index (κ1) is 19.4. The molecule has 1 heterocycles. The second-order valence-corrected chi connectivity index (χ2v) is 6.52. The molecule has 3 aromatic rings. The highest BCUT2D eigenvalue weighted by molar-refractivity contribution is 5.94. The largest absolute Gasteiger partial charge is 0.491 e. The summed E-state index contributed by atoms with van der Waals surface area (Å²) in [7, 11) is 0. The summed E-state index contributed by atoms with van der Waals surface area (Å²) in [5.74, 6) is 0.765. The number of pyridine rings is 1. The number of hydrogen-bond donors (Lipinski definition) is 2. The number of halogens is 1. The number of nitrogens with zero attached hydrogens (tertiary/aromatic N) is 1. The predicted molar refractivity (Wildman–Crippen MR) is 107 cm³/mol. The lowest BCUT2D eigenvalue weighted by Crippen LogP contribution is -2.23. The lowest BCUT2D eigenvalue weighted by molar-refractivity contribution is 0.0950. The summed E-state index contributed by atoms with van der Waals surface area (Å²) >= 11 is 0. The van der Waals surface area contributed by atoms with Crippen LogP contribution in [0.4, 0.5) is 15.9 Å². The Morgan fingerprint density at radius 1 is 1.07 bits per heavy atom. The van der Waals surface area contributed by atoms with Crippen LogP contribution < -0.4 is 15.4 Å². The van der Waals surface area contributed by atoms with E-state index in [0.717, 1.165) is 11.4 Å². The molecule has 0 aliphatic heterocycles. The molecule has 0 bridgehead atoms. The van der Waals surface area contributed by atoms with E-state index in [9.17, 15) is 9.18 Å². The van der Waals surface area contributed by atoms with Gasteiger partial charge in [-0.05, 0) is 56.3 Å². The molecule has 0 atom stereocenters. The third-order valence-electron chi connectivity index (χ3n) is 3.92. The van der Waals surface area contributed by atoms with Crippen LogP contribution in [-0.2, 0) is 6.54 Å². The molecule has 0 saturated carbocycles. The van der Waals surface area contributed by atoms with Crippen molar-refractivity contribution in [2.45, 2.75) is 26.5 Å². The number of benzene rings is 2. The van der Waals surface area contributed by atoms with Gasteiger partial charge in [-0.1, -0.05) is 18.2 Å². The number of nitrogens with one attached hydrogen (secondary N) is 2. The summed E-state index contributed by atoms with van der Waals surface area (Å²) in [5.41, 5.74) is 1.70.